The lowest BCUT2D eigenvalue weighted by atomic mass is 10.0. The van der Waals surface area contributed by atoms with Crippen LogP contribution in [-0.4, -0.2) is 44.1 Å². The number of rotatable bonds is 7. The zero-order chi connectivity index (χ0) is 23.2. The van der Waals surface area contributed by atoms with Gasteiger partial charge in [0.25, 0.3) is 5.91 Å². The zero-order valence-electron chi connectivity index (χ0n) is 18.3. The first-order valence-corrected chi connectivity index (χ1v) is 10.8. The van der Waals surface area contributed by atoms with Crippen LogP contribution < -0.4 is 15.0 Å². The minimum absolute atomic E-state index is 0.215. The highest BCUT2D eigenvalue weighted by atomic mass is 19.1. The minimum Gasteiger partial charge on any atom is -0.481 e. The molecule has 0 aliphatic carbocycles. The van der Waals surface area contributed by atoms with E-state index in [0.29, 0.717) is 35.8 Å². The average Bonchev–Trinajstić information content (AvgIpc) is 2.85. The number of anilines is 2. The maximum absolute atomic E-state index is 13.1. The number of ketones is 1. The third-order valence-corrected chi connectivity index (χ3v) is 5.42. The van der Waals surface area contributed by atoms with Crippen molar-refractivity contribution in [3.05, 3.63) is 89.7 Å². The first-order chi connectivity index (χ1) is 16.0. The maximum Gasteiger partial charge on any atom is 0.265 e. The number of benzene rings is 3. The Morgan fingerprint density at radius 2 is 1.48 bits per heavy atom. The van der Waals surface area contributed by atoms with Gasteiger partial charge in [-0.1, -0.05) is 0 Å². The van der Waals surface area contributed by atoms with E-state index in [-0.39, 0.29) is 11.7 Å². The van der Waals surface area contributed by atoms with Crippen molar-refractivity contribution in [2.75, 3.05) is 36.5 Å². The fourth-order valence-electron chi connectivity index (χ4n) is 3.53. The molecule has 1 aliphatic rings. The van der Waals surface area contributed by atoms with Crippen molar-refractivity contribution in [2.24, 2.45) is 0 Å². The molecule has 0 bridgehead atoms. The van der Waals surface area contributed by atoms with E-state index in [1.807, 2.05) is 24.3 Å². The summed E-state index contributed by atoms with van der Waals surface area (Å²) >= 11 is 0. The molecule has 1 aliphatic heterocycles. The largest absolute Gasteiger partial charge is 0.481 e. The summed E-state index contributed by atoms with van der Waals surface area (Å²) in [6.07, 6.45) is -0.734. The molecule has 0 unspecified atom stereocenters. The van der Waals surface area contributed by atoms with E-state index in [2.05, 4.69) is 10.2 Å². The predicted molar refractivity (Wildman–Crippen MR) is 124 cm³/mol. The van der Waals surface area contributed by atoms with Gasteiger partial charge in [0.05, 0.1) is 13.2 Å². The van der Waals surface area contributed by atoms with Gasteiger partial charge in [-0.15, -0.1) is 0 Å². The van der Waals surface area contributed by atoms with E-state index >= 15 is 0 Å². The molecule has 1 N–H and O–H groups in total. The molecule has 4 rings (SSSR count). The highest BCUT2D eigenvalue weighted by Crippen LogP contribution is 2.20. The van der Waals surface area contributed by atoms with Crippen LogP contribution in [0.4, 0.5) is 15.8 Å². The first kappa shape index (κ1) is 22.5. The van der Waals surface area contributed by atoms with E-state index in [1.54, 1.807) is 31.2 Å². The summed E-state index contributed by atoms with van der Waals surface area (Å²) in [5.41, 5.74) is 2.63. The molecule has 6 nitrogen and oxygen atoms in total. The van der Waals surface area contributed by atoms with Crippen molar-refractivity contribution in [2.45, 2.75) is 13.0 Å². The van der Waals surface area contributed by atoms with Crippen LogP contribution in [-0.2, 0) is 9.53 Å². The molecule has 0 spiro atoms. The second-order valence-corrected chi connectivity index (χ2v) is 7.76. The summed E-state index contributed by atoms with van der Waals surface area (Å²) < 4.78 is 24.2. The van der Waals surface area contributed by atoms with Gasteiger partial charge in [-0.25, -0.2) is 4.39 Å². The second kappa shape index (κ2) is 10.3. The van der Waals surface area contributed by atoms with Crippen LogP contribution in [0.25, 0.3) is 0 Å². The Hall–Kier alpha value is -3.71. The fourth-order valence-corrected chi connectivity index (χ4v) is 3.53. The first-order valence-electron chi connectivity index (χ1n) is 10.8. The van der Waals surface area contributed by atoms with Crippen LogP contribution in [0, 0.1) is 5.82 Å². The van der Waals surface area contributed by atoms with Gasteiger partial charge in [-0.2, -0.15) is 0 Å². The summed E-state index contributed by atoms with van der Waals surface area (Å²) in [5.74, 6) is -0.417. The molecule has 7 heteroatoms. The Morgan fingerprint density at radius 1 is 0.909 bits per heavy atom. The Bertz CT molecular complexity index is 1090. The summed E-state index contributed by atoms with van der Waals surface area (Å²) in [4.78, 5) is 27.3. The second-order valence-electron chi connectivity index (χ2n) is 7.76. The van der Waals surface area contributed by atoms with Gasteiger partial charge in [0, 0.05) is 35.6 Å². The van der Waals surface area contributed by atoms with Gasteiger partial charge in [-0.05, 0) is 79.7 Å². The van der Waals surface area contributed by atoms with Crippen LogP contribution in [0.15, 0.2) is 72.8 Å². The predicted octanol–water partition coefficient (Wildman–Crippen LogP) is 4.30. The lowest BCUT2D eigenvalue weighted by Crippen LogP contribution is -2.36. The zero-order valence-corrected chi connectivity index (χ0v) is 18.3. The molecule has 170 valence electrons. The Kier molecular flexibility index (Phi) is 7.00. The van der Waals surface area contributed by atoms with Crippen molar-refractivity contribution in [1.29, 1.82) is 0 Å². The Labute approximate surface area is 191 Å². The van der Waals surface area contributed by atoms with Gasteiger partial charge >= 0.3 is 0 Å². The van der Waals surface area contributed by atoms with Crippen LogP contribution in [0.1, 0.15) is 22.8 Å². The van der Waals surface area contributed by atoms with Gasteiger partial charge in [0.2, 0.25) is 0 Å². The molecule has 3 aromatic rings. The van der Waals surface area contributed by atoms with Gasteiger partial charge in [-0.3, -0.25) is 9.59 Å². The molecule has 1 atom stereocenters. The molecule has 0 saturated carbocycles. The number of nitrogens with zero attached hydrogens (tertiary/aromatic N) is 1. The van der Waals surface area contributed by atoms with Crippen LogP contribution in [0.5, 0.6) is 5.75 Å². The smallest absolute Gasteiger partial charge is 0.265 e. The fraction of sp³-hybridized carbons (Fsp3) is 0.231. The van der Waals surface area contributed by atoms with Crippen molar-refractivity contribution in [3.8, 4) is 5.75 Å². The van der Waals surface area contributed by atoms with Crippen molar-refractivity contribution in [3.63, 3.8) is 0 Å². The van der Waals surface area contributed by atoms with Crippen molar-refractivity contribution >= 4 is 23.1 Å². The highest BCUT2D eigenvalue weighted by Gasteiger charge is 2.17. The molecular formula is C26H25FN2O4. The molecule has 3 aromatic carbocycles. The molecule has 1 fully saturated rings. The van der Waals surface area contributed by atoms with Crippen LogP contribution in [0.3, 0.4) is 0 Å². The molecule has 1 heterocycles. The lowest BCUT2D eigenvalue weighted by Gasteiger charge is -2.29. The normalized spacial score (nSPS) is 14.4. The third kappa shape index (κ3) is 5.75. The number of nitrogens with one attached hydrogen (secondary N) is 1. The molecular weight excluding hydrogens is 423 g/mol. The van der Waals surface area contributed by atoms with E-state index in [9.17, 15) is 14.0 Å². The average molecular weight is 448 g/mol. The number of hydrogen-bond donors (Lipinski definition) is 1. The van der Waals surface area contributed by atoms with Crippen LogP contribution in [0.2, 0.25) is 0 Å². The van der Waals surface area contributed by atoms with Crippen LogP contribution >= 0.6 is 0 Å². The van der Waals surface area contributed by atoms with Crippen molar-refractivity contribution < 1.29 is 23.5 Å². The lowest BCUT2D eigenvalue weighted by molar-refractivity contribution is -0.122. The number of carbonyl (C=O) groups is 2. The number of ether oxygens (including phenoxy) is 2. The van der Waals surface area contributed by atoms with Gasteiger partial charge < -0.3 is 19.7 Å². The number of hydrogen-bond acceptors (Lipinski definition) is 5. The highest BCUT2D eigenvalue weighted by molar-refractivity contribution is 6.09. The Morgan fingerprint density at radius 3 is 2.09 bits per heavy atom. The van der Waals surface area contributed by atoms with Gasteiger partial charge in [0.1, 0.15) is 11.6 Å². The monoisotopic (exact) mass is 448 g/mol. The van der Waals surface area contributed by atoms with Crippen molar-refractivity contribution in [1.82, 2.24) is 0 Å². The van der Waals surface area contributed by atoms with E-state index in [0.717, 1.165) is 18.8 Å². The number of morpholine rings is 1. The SMILES string of the molecule is C[C@H](Oc1ccc(C(=O)c2ccc(F)cc2)cc1)C(=O)Nc1ccc(N2CCOCC2)cc1. The minimum atomic E-state index is -0.734. The summed E-state index contributed by atoms with van der Waals surface area (Å²) in [6.45, 7) is 4.80. The van der Waals surface area contributed by atoms with E-state index in [1.165, 1.54) is 24.3 Å². The quantitative estimate of drug-likeness (QED) is 0.546. The summed E-state index contributed by atoms with van der Waals surface area (Å²) in [6, 6.07) is 19.6. The standard InChI is InChI=1S/C26H25FN2O4/c1-18(26(31)28-22-8-10-23(11-9-22)29-14-16-32-17-15-29)33-24-12-4-20(5-13-24)25(30)19-2-6-21(27)7-3-19/h2-13,18H,14-17H2,1H3,(H,28,31)/t18-/m0/s1. The Balaban J connectivity index is 1.32. The number of carbonyl (C=O) groups excluding carboxylic acids is 2. The maximum atomic E-state index is 13.1. The molecule has 0 radical (unpaired) electrons. The van der Waals surface area contributed by atoms with E-state index in [4.69, 9.17) is 9.47 Å². The molecule has 33 heavy (non-hydrogen) atoms. The topological polar surface area (TPSA) is 67.9 Å². The summed E-state index contributed by atoms with van der Waals surface area (Å²) in [5, 5.41) is 2.86. The number of amides is 1. The molecule has 1 saturated heterocycles. The van der Waals surface area contributed by atoms with E-state index < -0.39 is 11.9 Å². The summed E-state index contributed by atoms with van der Waals surface area (Å²) in [7, 11) is 0. The number of halogens is 1. The molecule has 0 aromatic heterocycles. The van der Waals surface area contributed by atoms with Gasteiger partial charge in [0.15, 0.2) is 11.9 Å². The third-order valence-electron chi connectivity index (χ3n) is 5.42. The molecule has 1 amide bonds.